The summed E-state index contributed by atoms with van der Waals surface area (Å²) in [5, 5.41) is 8.95. The Labute approximate surface area is 302 Å². The fraction of sp³-hybridized carbons (Fsp3) is 0.444. The van der Waals surface area contributed by atoms with Crippen molar-refractivity contribution in [2.24, 2.45) is 5.92 Å². The molecule has 0 radical (unpaired) electrons. The number of aromatic nitrogens is 1. The highest BCUT2D eigenvalue weighted by Crippen LogP contribution is 2.45. The van der Waals surface area contributed by atoms with E-state index in [-0.39, 0.29) is 32.5 Å². The summed E-state index contributed by atoms with van der Waals surface area (Å²) in [6.07, 6.45) is 10.1. The van der Waals surface area contributed by atoms with Crippen LogP contribution in [0.15, 0.2) is 61.8 Å². The second-order valence-corrected chi connectivity index (χ2v) is 15.0. The Hall–Kier alpha value is -5.25. The van der Waals surface area contributed by atoms with Crippen LogP contribution in [0.4, 0.5) is 4.79 Å². The molecule has 0 spiro atoms. The fourth-order valence-corrected chi connectivity index (χ4v) is 7.56. The molecule has 1 aromatic heterocycles. The number of rotatable bonds is 17. The number of nitrogens with zero attached hydrogens (tertiary/aromatic N) is 2. The maximum Gasteiger partial charge on any atom is 0.407 e. The van der Waals surface area contributed by atoms with Gasteiger partial charge >= 0.3 is 6.09 Å². The van der Waals surface area contributed by atoms with Gasteiger partial charge in [0.05, 0.1) is 19.0 Å². The van der Waals surface area contributed by atoms with Gasteiger partial charge in [0.15, 0.2) is 0 Å². The summed E-state index contributed by atoms with van der Waals surface area (Å²) in [6, 6.07) is 5.53. The maximum absolute atomic E-state index is 13.8. The number of amides is 5. The molecule has 4 atom stereocenters. The molecule has 1 aliphatic heterocycles. The average molecular weight is 737 g/mol. The monoisotopic (exact) mass is 736 g/mol. The van der Waals surface area contributed by atoms with Crippen molar-refractivity contribution in [1.82, 2.24) is 30.6 Å². The van der Waals surface area contributed by atoms with Gasteiger partial charge in [0.2, 0.25) is 33.6 Å². The summed E-state index contributed by atoms with van der Waals surface area (Å²) in [4.78, 5) is 70.8. The topological polar surface area (TPSA) is 202 Å². The zero-order valence-electron chi connectivity index (χ0n) is 29.0. The van der Waals surface area contributed by atoms with Crippen LogP contribution in [0.3, 0.4) is 0 Å². The number of carbonyl (C=O) groups excluding carboxylic acids is 5. The minimum atomic E-state index is -3.86. The number of alkyl carbamates (subject to hydrolysis) is 1. The summed E-state index contributed by atoms with van der Waals surface area (Å²) >= 11 is 0. The molecule has 2 heterocycles. The van der Waals surface area contributed by atoms with Gasteiger partial charge < -0.3 is 30.3 Å². The van der Waals surface area contributed by atoms with Crippen LogP contribution in [-0.4, -0.2) is 97.7 Å². The lowest BCUT2D eigenvalue weighted by Crippen LogP contribution is -2.59. The minimum Gasteiger partial charge on any atom is -0.481 e. The molecule has 2 saturated carbocycles. The first kappa shape index (κ1) is 38.0. The molecule has 15 nitrogen and oxygen atoms in total. The van der Waals surface area contributed by atoms with Gasteiger partial charge in [-0.2, -0.15) is 0 Å². The molecule has 5 amide bonds. The van der Waals surface area contributed by atoms with Gasteiger partial charge in [-0.05, 0) is 74.1 Å². The number of likely N-dealkylation sites (tertiary alicyclic amines) is 1. The molecule has 0 unspecified atom stereocenters. The van der Waals surface area contributed by atoms with Crippen LogP contribution in [0, 0.1) is 5.92 Å². The quantitative estimate of drug-likeness (QED) is 0.106. The van der Waals surface area contributed by atoms with Crippen molar-refractivity contribution in [3.05, 3.63) is 67.4 Å². The Bertz CT molecular complexity index is 1880. The summed E-state index contributed by atoms with van der Waals surface area (Å²) < 4.78 is 37.7. The highest BCUT2D eigenvalue weighted by molar-refractivity contribution is 7.91. The van der Waals surface area contributed by atoms with E-state index in [4.69, 9.17) is 9.47 Å². The maximum atomic E-state index is 13.8. The van der Waals surface area contributed by atoms with E-state index in [9.17, 15) is 32.4 Å². The van der Waals surface area contributed by atoms with E-state index < -0.39 is 68.5 Å². The molecule has 4 N–H and O–H groups in total. The molecule has 3 fully saturated rings. The highest BCUT2D eigenvalue weighted by Gasteiger charge is 2.61. The normalized spacial score (nSPS) is 21.5. The molecule has 2 aromatic rings. The van der Waals surface area contributed by atoms with Crippen LogP contribution in [0.1, 0.15) is 50.5 Å². The van der Waals surface area contributed by atoms with E-state index in [2.05, 4.69) is 38.8 Å². The van der Waals surface area contributed by atoms with E-state index in [0.29, 0.717) is 38.0 Å². The number of fused-ring (bicyclic) bond motifs is 1. The zero-order valence-corrected chi connectivity index (χ0v) is 29.8. The molecule has 3 aliphatic rings. The Balaban J connectivity index is 1.16. The van der Waals surface area contributed by atoms with Crippen molar-refractivity contribution in [3.8, 4) is 5.88 Å². The number of unbranched alkanes of at least 4 members (excludes halogenated alkanes) is 1. The molecule has 2 aliphatic carbocycles. The highest BCUT2D eigenvalue weighted by atomic mass is 32.2. The first-order valence-corrected chi connectivity index (χ1v) is 18.7. The number of hydrogen-bond donors (Lipinski definition) is 4. The van der Waals surface area contributed by atoms with Crippen LogP contribution in [-0.2, 0) is 33.9 Å². The number of allylic oxidation sites excluding steroid dienone is 1. The molecule has 5 rings (SSSR count). The third kappa shape index (κ3) is 8.96. The fourth-order valence-electron chi connectivity index (χ4n) is 6.19. The SMILES string of the molecule is C=CC(=O)NC[C@H](NC(=O)OCCC/C=C/c1ccc2ccnc(OC)c2c1)C(=O)N1CCC[C@H]1C(=O)N[C@]1(C(=O)NS(=O)(=O)C2CC2)C[C@H]1C=C. The van der Waals surface area contributed by atoms with Gasteiger partial charge in [-0.1, -0.05) is 36.9 Å². The summed E-state index contributed by atoms with van der Waals surface area (Å²) in [7, 11) is -2.29. The van der Waals surface area contributed by atoms with Crippen LogP contribution < -0.4 is 25.4 Å². The molecule has 0 bridgehead atoms. The van der Waals surface area contributed by atoms with Gasteiger partial charge in [0, 0.05) is 30.6 Å². The lowest BCUT2D eigenvalue weighted by molar-refractivity contribution is -0.141. The average Bonchev–Trinajstić information content (AvgIpc) is 4.06. The van der Waals surface area contributed by atoms with E-state index in [1.165, 1.54) is 11.0 Å². The van der Waals surface area contributed by atoms with Crippen LogP contribution in [0.2, 0.25) is 0 Å². The van der Waals surface area contributed by atoms with Gasteiger partial charge in [-0.25, -0.2) is 18.2 Å². The summed E-state index contributed by atoms with van der Waals surface area (Å²) in [5.41, 5.74) is -0.556. The van der Waals surface area contributed by atoms with E-state index in [0.717, 1.165) is 22.4 Å². The first-order chi connectivity index (χ1) is 24.9. The number of benzene rings is 1. The van der Waals surface area contributed by atoms with Gasteiger partial charge in [-0.3, -0.25) is 23.9 Å². The summed E-state index contributed by atoms with van der Waals surface area (Å²) in [6.45, 7) is 7.02. The van der Waals surface area contributed by atoms with Crippen molar-refractivity contribution in [2.45, 2.75) is 67.8 Å². The van der Waals surface area contributed by atoms with Crippen molar-refractivity contribution >= 4 is 56.6 Å². The lowest BCUT2D eigenvalue weighted by Gasteiger charge is -2.30. The van der Waals surface area contributed by atoms with E-state index in [1.54, 1.807) is 13.3 Å². The number of pyridine rings is 1. The van der Waals surface area contributed by atoms with E-state index >= 15 is 0 Å². The Kier molecular flexibility index (Phi) is 12.0. The smallest absolute Gasteiger partial charge is 0.407 e. The standard InChI is InChI=1S/C36H44N6O9S/c1-4-25-21-36(25,34(46)41-52(48,49)26-14-15-26)40-31(44)29-11-9-18-42(29)33(45)28(22-38-30(43)5-2)39-35(47)51-19-8-6-7-10-23-12-13-24-16-17-37-32(50-3)27(24)20-23/h4-5,7,10,12-13,16-17,20,25-26,28-29H,1-2,6,8-9,11,14-15,18-19,21-22H2,3H3,(H,38,43)(H,39,47)(H,40,44)(H,41,46)/b10-7+/t25-,28+,29+,36-/m1/s1. The van der Waals surface area contributed by atoms with Gasteiger partial charge in [0.25, 0.3) is 5.91 Å². The second-order valence-electron chi connectivity index (χ2n) is 13.0. The zero-order chi connectivity index (χ0) is 37.5. The Morgan fingerprint density at radius 1 is 1.13 bits per heavy atom. The molecular formula is C36H44N6O9S. The number of methoxy groups -OCH3 is 1. The van der Waals surface area contributed by atoms with Crippen LogP contribution in [0.25, 0.3) is 16.8 Å². The largest absolute Gasteiger partial charge is 0.481 e. The number of nitrogens with one attached hydrogen (secondary N) is 4. The Morgan fingerprint density at radius 2 is 1.92 bits per heavy atom. The molecular weight excluding hydrogens is 692 g/mol. The number of sulfonamides is 1. The Morgan fingerprint density at radius 3 is 2.62 bits per heavy atom. The number of hydrogen-bond acceptors (Lipinski definition) is 10. The number of ether oxygens (including phenoxy) is 2. The van der Waals surface area contributed by atoms with Crippen LogP contribution in [0.5, 0.6) is 5.88 Å². The van der Waals surface area contributed by atoms with Crippen LogP contribution >= 0.6 is 0 Å². The van der Waals surface area contributed by atoms with Crippen molar-refractivity contribution in [3.63, 3.8) is 0 Å². The molecule has 16 heteroatoms. The predicted octanol–water partition coefficient (Wildman–Crippen LogP) is 2.09. The van der Waals surface area contributed by atoms with E-state index in [1.807, 2.05) is 36.4 Å². The number of carbonyl (C=O) groups is 5. The van der Waals surface area contributed by atoms with Crippen molar-refractivity contribution < 1.29 is 41.9 Å². The molecule has 52 heavy (non-hydrogen) atoms. The second kappa shape index (κ2) is 16.4. The molecule has 1 saturated heterocycles. The lowest BCUT2D eigenvalue weighted by atomic mass is 10.1. The van der Waals surface area contributed by atoms with Gasteiger partial charge in [-0.15, -0.1) is 6.58 Å². The minimum absolute atomic E-state index is 0.0470. The van der Waals surface area contributed by atoms with Gasteiger partial charge in [0.1, 0.15) is 17.6 Å². The third-order valence-corrected chi connectivity index (χ3v) is 11.2. The third-order valence-electron chi connectivity index (χ3n) is 9.35. The predicted molar refractivity (Wildman–Crippen MR) is 192 cm³/mol. The van der Waals surface area contributed by atoms with Crippen molar-refractivity contribution in [2.75, 3.05) is 26.8 Å². The van der Waals surface area contributed by atoms with Crippen molar-refractivity contribution in [1.29, 1.82) is 0 Å². The molecule has 1 aromatic carbocycles. The first-order valence-electron chi connectivity index (χ1n) is 17.2. The summed E-state index contributed by atoms with van der Waals surface area (Å²) in [5.74, 6) is -2.66. The molecule has 278 valence electrons.